The molecule has 2 aliphatic heterocycles. The molecule has 4 amide bonds. The Hall–Kier alpha value is -4.73. The Kier molecular flexibility index (Phi) is 8.00. The fourth-order valence-corrected chi connectivity index (χ4v) is 8.47. The average molecular weight is 679 g/mol. The highest BCUT2D eigenvalue weighted by molar-refractivity contribution is 8.24. The second-order valence-corrected chi connectivity index (χ2v) is 14.5. The topological polar surface area (TPSA) is 186 Å². The smallest absolute Gasteiger partial charge is 0.260 e. The average Bonchev–Trinajstić information content (AvgIpc) is 3.50. The zero-order chi connectivity index (χ0) is 33.9. The van der Waals surface area contributed by atoms with Gasteiger partial charge < -0.3 is 10.4 Å². The Morgan fingerprint density at radius 3 is 2.48 bits per heavy atom. The maximum Gasteiger partial charge on any atom is 0.260 e. The third-order valence-electron chi connectivity index (χ3n) is 9.67. The molecule has 3 heterocycles. The highest BCUT2D eigenvalue weighted by atomic mass is 32.3. The van der Waals surface area contributed by atoms with E-state index < -0.39 is 46.6 Å². The molecular formula is C33H35FN6O7S. The van der Waals surface area contributed by atoms with Crippen molar-refractivity contribution in [3.8, 4) is 5.75 Å². The van der Waals surface area contributed by atoms with Gasteiger partial charge in [0.2, 0.25) is 17.7 Å². The number of phenols is 1. The number of aryl methyl sites for hydroxylation is 1. The molecule has 2 saturated heterocycles. The van der Waals surface area contributed by atoms with Crippen LogP contribution in [0.5, 0.6) is 5.75 Å². The number of nitrogens with zero attached hydrogens (tertiary/aromatic N) is 3. The fourth-order valence-electron chi connectivity index (χ4n) is 7.26. The molecular weight excluding hydrogens is 643 g/mol. The molecule has 1 unspecified atom stereocenters. The summed E-state index contributed by atoms with van der Waals surface area (Å²) in [5.41, 5.74) is 2.75. The molecule has 3 aliphatic rings. The maximum atomic E-state index is 15.4. The summed E-state index contributed by atoms with van der Waals surface area (Å²) in [4.78, 5) is 48.8. The molecule has 0 radical (unpaired) electrons. The summed E-state index contributed by atoms with van der Waals surface area (Å²) in [5, 5.41) is 21.8. The van der Waals surface area contributed by atoms with Gasteiger partial charge in [0.25, 0.3) is 5.91 Å². The molecule has 7 rings (SSSR count). The van der Waals surface area contributed by atoms with Crippen LogP contribution in [0.4, 0.5) is 15.8 Å². The number of phenolic OH excluding ortho intramolecular Hbond substituents is 1. The van der Waals surface area contributed by atoms with E-state index in [2.05, 4.69) is 27.9 Å². The van der Waals surface area contributed by atoms with E-state index in [0.717, 1.165) is 36.6 Å². The number of nitrogens with one attached hydrogen (secondary N) is 3. The predicted octanol–water partition coefficient (Wildman–Crippen LogP) is 4.91. The van der Waals surface area contributed by atoms with Crippen LogP contribution in [-0.4, -0.2) is 54.2 Å². The normalized spacial score (nSPS) is 23.3. The van der Waals surface area contributed by atoms with Crippen LogP contribution in [0.25, 0.3) is 21.7 Å². The van der Waals surface area contributed by atoms with Crippen molar-refractivity contribution in [2.24, 2.45) is 13.0 Å². The van der Waals surface area contributed by atoms with E-state index in [1.807, 2.05) is 17.8 Å². The second-order valence-electron chi connectivity index (χ2n) is 12.8. The Morgan fingerprint density at radius 2 is 1.77 bits per heavy atom. The van der Waals surface area contributed by atoms with Crippen molar-refractivity contribution in [3.05, 3.63) is 59.5 Å². The van der Waals surface area contributed by atoms with Crippen molar-refractivity contribution in [2.45, 2.75) is 56.8 Å². The van der Waals surface area contributed by atoms with Gasteiger partial charge in [-0.25, -0.2) is 13.4 Å². The van der Waals surface area contributed by atoms with Gasteiger partial charge in [0.1, 0.15) is 18.0 Å². The number of carbonyl (C=O) groups excluding carboxylic acids is 4. The van der Waals surface area contributed by atoms with Crippen molar-refractivity contribution in [1.29, 1.82) is 0 Å². The van der Waals surface area contributed by atoms with E-state index in [9.17, 15) is 33.4 Å². The molecule has 1 saturated carbocycles. The van der Waals surface area contributed by atoms with Crippen LogP contribution in [-0.2, 0) is 26.2 Å². The highest BCUT2D eigenvalue weighted by Gasteiger charge is 2.38. The number of hydrogen-bond donors (Lipinski definition) is 6. The van der Waals surface area contributed by atoms with Crippen molar-refractivity contribution in [1.82, 2.24) is 19.8 Å². The van der Waals surface area contributed by atoms with Gasteiger partial charge in [-0.05, 0) is 96.2 Å². The number of carbonyl (C=O) groups is 4. The Morgan fingerprint density at radius 1 is 1.02 bits per heavy atom. The third-order valence-corrected chi connectivity index (χ3v) is 11.1. The van der Waals surface area contributed by atoms with Gasteiger partial charge >= 0.3 is 0 Å². The van der Waals surface area contributed by atoms with Gasteiger partial charge in [0.05, 0.1) is 17.1 Å². The fraction of sp³-hybridized carbons (Fsp3) is 0.364. The lowest BCUT2D eigenvalue weighted by Gasteiger charge is -2.36. The van der Waals surface area contributed by atoms with Gasteiger partial charge in [-0.2, -0.15) is 5.10 Å². The first kappa shape index (κ1) is 31.8. The maximum absolute atomic E-state index is 15.4. The Labute approximate surface area is 276 Å². The van der Waals surface area contributed by atoms with Crippen LogP contribution in [0.2, 0.25) is 0 Å². The minimum atomic E-state index is -3.82. The molecule has 6 N–H and O–H groups in total. The van der Waals surface area contributed by atoms with Crippen molar-refractivity contribution < 1.29 is 37.8 Å². The largest absolute Gasteiger partial charge is 0.506 e. The summed E-state index contributed by atoms with van der Waals surface area (Å²) < 4.78 is 40.2. The van der Waals surface area contributed by atoms with E-state index in [4.69, 9.17) is 0 Å². The number of imide groups is 1. The first-order chi connectivity index (χ1) is 22.9. The Bertz CT molecular complexity index is 2010. The first-order valence-electron chi connectivity index (χ1n) is 15.8. The molecule has 3 fully saturated rings. The second kappa shape index (κ2) is 12.1. The van der Waals surface area contributed by atoms with Gasteiger partial charge in [-0.3, -0.25) is 38.3 Å². The quantitative estimate of drug-likeness (QED) is 0.154. The summed E-state index contributed by atoms with van der Waals surface area (Å²) in [6.45, 7) is -0.526. The number of aromatic hydroxyl groups is 1. The Balaban J connectivity index is 0.978. The number of amides is 4. The van der Waals surface area contributed by atoms with E-state index in [0.29, 0.717) is 40.9 Å². The molecule has 1 aromatic heterocycles. The predicted molar refractivity (Wildman–Crippen MR) is 178 cm³/mol. The molecule has 0 spiro atoms. The van der Waals surface area contributed by atoms with Crippen molar-refractivity contribution >= 4 is 67.6 Å². The number of piperidine rings is 1. The monoisotopic (exact) mass is 678 g/mol. The van der Waals surface area contributed by atoms with Crippen LogP contribution >= 0.6 is 11.0 Å². The van der Waals surface area contributed by atoms with Crippen LogP contribution in [0.3, 0.4) is 0 Å². The standard InChI is InChI=1S/C33H35FN6O7S/c1-39-25-14-19(6-8-23(25)31(37-39)24-10-11-27(42)36-33(24)45)18-4-2-17(3-5-18)12-28(43)35-21-7-9-22-20(13-21)15-26(41)32(30(22)34)40-16-29(44)38-48(40,46)47/h6-9,13-15,17-18,24,41,46-47H,2-5,10-12,16H2,1H3,(H,35,43)(H,38,44)(H,36,42,45)/t17-,18+,24?. The molecule has 1 atom stereocenters. The van der Waals surface area contributed by atoms with Crippen molar-refractivity contribution in [2.75, 3.05) is 16.2 Å². The molecule has 252 valence electrons. The zero-order valence-electron chi connectivity index (χ0n) is 26.0. The number of anilines is 2. The lowest BCUT2D eigenvalue weighted by molar-refractivity contribution is -0.134. The zero-order valence-corrected chi connectivity index (χ0v) is 26.8. The van der Waals surface area contributed by atoms with Gasteiger partial charge in [-0.1, -0.05) is 12.1 Å². The van der Waals surface area contributed by atoms with Gasteiger partial charge in [-0.15, -0.1) is 0 Å². The van der Waals surface area contributed by atoms with E-state index in [-0.39, 0.29) is 34.4 Å². The lowest BCUT2D eigenvalue weighted by atomic mass is 9.77. The lowest BCUT2D eigenvalue weighted by Crippen LogP contribution is -2.39. The van der Waals surface area contributed by atoms with E-state index in [1.54, 1.807) is 4.68 Å². The minimum Gasteiger partial charge on any atom is -0.506 e. The highest BCUT2D eigenvalue weighted by Crippen LogP contribution is 2.51. The molecule has 48 heavy (non-hydrogen) atoms. The number of fused-ring (bicyclic) bond motifs is 2. The van der Waals surface area contributed by atoms with Crippen molar-refractivity contribution in [3.63, 3.8) is 0 Å². The molecule has 13 nitrogen and oxygen atoms in total. The number of rotatable bonds is 6. The number of halogens is 1. The van der Waals surface area contributed by atoms with Crippen LogP contribution in [0.1, 0.15) is 68.0 Å². The minimum absolute atomic E-state index is 0.0742. The molecule has 4 aromatic rings. The summed E-state index contributed by atoms with van der Waals surface area (Å²) >= 11 is 0. The van der Waals surface area contributed by atoms with E-state index in [1.165, 1.54) is 29.8 Å². The summed E-state index contributed by atoms with van der Waals surface area (Å²) in [5.74, 6) is -2.88. The molecule has 3 aromatic carbocycles. The van der Waals surface area contributed by atoms with Crippen LogP contribution < -0.4 is 19.7 Å². The number of hydrogen-bond acceptors (Lipinski definition) is 9. The number of aromatic nitrogens is 2. The summed E-state index contributed by atoms with van der Waals surface area (Å²) in [6.07, 6.45) is 4.64. The van der Waals surface area contributed by atoms with Gasteiger partial charge in [0.15, 0.2) is 5.82 Å². The SMILES string of the molecule is Cn1nc(C2CCC(=O)NC2=O)c2ccc([C@H]3CC[C@@H](CC(=O)Nc4ccc5c(F)c(N6CC(=O)NS6(O)O)c(O)cc5c4)CC3)cc21. The molecule has 1 aliphatic carbocycles. The number of benzene rings is 3. The first-order valence-corrected chi connectivity index (χ1v) is 17.3. The molecule has 15 heteroatoms. The van der Waals surface area contributed by atoms with Gasteiger partial charge in [0, 0.05) is 36.3 Å². The summed E-state index contributed by atoms with van der Waals surface area (Å²) in [7, 11) is -1.97. The molecule has 0 bridgehead atoms. The van der Waals surface area contributed by atoms with Crippen LogP contribution in [0, 0.1) is 11.7 Å². The third kappa shape index (κ3) is 5.82. The summed E-state index contributed by atoms with van der Waals surface area (Å²) in [6, 6.07) is 12.0. The van der Waals surface area contributed by atoms with E-state index >= 15 is 4.39 Å². The van der Waals surface area contributed by atoms with Crippen LogP contribution in [0.15, 0.2) is 42.5 Å².